The van der Waals surface area contributed by atoms with Crippen molar-refractivity contribution in [3.63, 3.8) is 0 Å². The minimum atomic E-state index is -0.854. The molecule has 0 bridgehead atoms. The van der Waals surface area contributed by atoms with Crippen LogP contribution in [0.25, 0.3) is 11.1 Å². The van der Waals surface area contributed by atoms with Crippen LogP contribution in [0.2, 0.25) is 0 Å². The zero-order valence-corrected chi connectivity index (χ0v) is 14.2. The molecular formula is C19H20N2O4. The van der Waals surface area contributed by atoms with Crippen LogP contribution in [-0.4, -0.2) is 47.1 Å². The number of ether oxygens (including phenoxy) is 1. The number of hydrogen-bond donors (Lipinski definition) is 1. The van der Waals surface area contributed by atoms with Gasteiger partial charge in [-0.15, -0.1) is 0 Å². The summed E-state index contributed by atoms with van der Waals surface area (Å²) >= 11 is 0. The molecule has 3 rings (SSSR count). The lowest BCUT2D eigenvalue weighted by molar-refractivity contribution is -0.142. The number of carboxylic acid groups (broad SMARTS) is 1. The van der Waals surface area contributed by atoms with Crippen molar-refractivity contribution in [3.8, 4) is 16.9 Å². The molecule has 130 valence electrons. The largest absolute Gasteiger partial charge is 0.497 e. The number of aromatic nitrogens is 1. The predicted molar refractivity (Wildman–Crippen MR) is 92.4 cm³/mol. The fourth-order valence-corrected chi connectivity index (χ4v) is 3.13. The summed E-state index contributed by atoms with van der Waals surface area (Å²) in [6.07, 6.45) is 3.22. The van der Waals surface area contributed by atoms with E-state index in [0.717, 1.165) is 16.9 Å². The fraction of sp³-hybridized carbons (Fsp3) is 0.316. The molecule has 1 N–H and O–H groups in total. The van der Waals surface area contributed by atoms with Crippen molar-refractivity contribution >= 4 is 11.9 Å². The van der Waals surface area contributed by atoms with Crippen LogP contribution in [0.1, 0.15) is 17.3 Å². The molecule has 6 heteroatoms. The highest BCUT2D eigenvalue weighted by atomic mass is 16.5. The number of aliphatic carboxylic acids is 1. The molecule has 1 aromatic carbocycles. The molecule has 0 unspecified atom stereocenters. The molecule has 25 heavy (non-hydrogen) atoms. The van der Waals surface area contributed by atoms with E-state index in [-0.39, 0.29) is 18.4 Å². The van der Waals surface area contributed by atoms with Crippen molar-refractivity contribution in [2.75, 3.05) is 20.2 Å². The lowest BCUT2D eigenvalue weighted by Crippen LogP contribution is -2.30. The lowest BCUT2D eigenvalue weighted by atomic mass is 9.99. The highest BCUT2D eigenvalue weighted by Crippen LogP contribution is 2.26. The number of pyridine rings is 1. The smallest absolute Gasteiger partial charge is 0.308 e. The van der Waals surface area contributed by atoms with Crippen LogP contribution in [0.4, 0.5) is 0 Å². The third kappa shape index (κ3) is 3.47. The first-order valence-electron chi connectivity index (χ1n) is 8.11. The van der Waals surface area contributed by atoms with E-state index in [2.05, 4.69) is 4.98 Å². The maximum absolute atomic E-state index is 12.7. The highest BCUT2D eigenvalue weighted by molar-refractivity contribution is 5.95. The van der Waals surface area contributed by atoms with Gasteiger partial charge in [-0.25, -0.2) is 0 Å². The van der Waals surface area contributed by atoms with Crippen LogP contribution in [0.3, 0.4) is 0 Å². The van der Waals surface area contributed by atoms with Crippen molar-refractivity contribution in [2.24, 2.45) is 11.8 Å². The average molecular weight is 340 g/mol. The van der Waals surface area contributed by atoms with Crippen molar-refractivity contribution in [2.45, 2.75) is 6.92 Å². The Morgan fingerprint density at radius 2 is 1.88 bits per heavy atom. The van der Waals surface area contributed by atoms with E-state index >= 15 is 0 Å². The highest BCUT2D eigenvalue weighted by Gasteiger charge is 2.37. The second-order valence-electron chi connectivity index (χ2n) is 6.32. The number of carbonyl (C=O) groups is 2. The summed E-state index contributed by atoms with van der Waals surface area (Å²) < 4.78 is 5.15. The van der Waals surface area contributed by atoms with Gasteiger partial charge in [-0.05, 0) is 29.7 Å². The van der Waals surface area contributed by atoms with E-state index in [1.807, 2.05) is 31.2 Å². The van der Waals surface area contributed by atoms with Crippen LogP contribution in [0.15, 0.2) is 42.7 Å². The monoisotopic (exact) mass is 340 g/mol. The zero-order valence-electron chi connectivity index (χ0n) is 14.2. The Morgan fingerprint density at radius 1 is 1.16 bits per heavy atom. The van der Waals surface area contributed by atoms with Crippen molar-refractivity contribution in [3.05, 3.63) is 48.3 Å². The summed E-state index contributed by atoms with van der Waals surface area (Å²) in [6.45, 7) is 2.54. The molecular weight excluding hydrogens is 320 g/mol. The van der Waals surface area contributed by atoms with Crippen LogP contribution < -0.4 is 4.74 Å². The van der Waals surface area contributed by atoms with Crippen LogP contribution in [-0.2, 0) is 4.79 Å². The molecule has 2 atom stereocenters. The Hall–Kier alpha value is -2.89. The van der Waals surface area contributed by atoms with Gasteiger partial charge in [0.05, 0.1) is 18.6 Å². The number of hydrogen-bond acceptors (Lipinski definition) is 4. The summed E-state index contributed by atoms with van der Waals surface area (Å²) in [5.41, 5.74) is 2.23. The van der Waals surface area contributed by atoms with Gasteiger partial charge >= 0.3 is 5.97 Å². The summed E-state index contributed by atoms with van der Waals surface area (Å²) in [4.78, 5) is 29.7. The van der Waals surface area contributed by atoms with Crippen LogP contribution >= 0.6 is 0 Å². The molecule has 0 aliphatic carbocycles. The van der Waals surface area contributed by atoms with Crippen molar-refractivity contribution < 1.29 is 19.4 Å². The van der Waals surface area contributed by atoms with Gasteiger partial charge in [0.25, 0.3) is 5.91 Å². The van der Waals surface area contributed by atoms with E-state index < -0.39 is 11.9 Å². The first-order valence-corrected chi connectivity index (χ1v) is 8.11. The molecule has 1 saturated heterocycles. The molecule has 6 nitrogen and oxygen atoms in total. The van der Waals surface area contributed by atoms with Crippen molar-refractivity contribution in [1.82, 2.24) is 9.88 Å². The van der Waals surface area contributed by atoms with Gasteiger partial charge in [0, 0.05) is 31.0 Å². The number of rotatable bonds is 4. The average Bonchev–Trinajstić information content (AvgIpc) is 3.03. The fourth-order valence-electron chi connectivity index (χ4n) is 3.13. The van der Waals surface area contributed by atoms with E-state index in [1.54, 1.807) is 24.3 Å². The van der Waals surface area contributed by atoms with Gasteiger partial charge in [0.2, 0.25) is 0 Å². The number of likely N-dealkylation sites (tertiary alicyclic amines) is 1. The van der Waals surface area contributed by atoms with Gasteiger partial charge in [-0.1, -0.05) is 19.1 Å². The summed E-state index contributed by atoms with van der Waals surface area (Å²) in [5.74, 6) is -0.845. The normalized spacial score (nSPS) is 19.7. The zero-order chi connectivity index (χ0) is 18.0. The molecule has 2 heterocycles. The van der Waals surface area contributed by atoms with Gasteiger partial charge < -0.3 is 14.7 Å². The number of amides is 1. The molecule has 0 saturated carbocycles. The standard InChI is InChI=1S/C19H20N2O4/c1-12-10-21(11-17(12)19(23)24)18(22)15-7-14(8-20-9-15)13-3-5-16(25-2)6-4-13/h3-9,12,17H,10-11H2,1-2H3,(H,23,24)/t12-,17-/m1/s1. The molecule has 1 amide bonds. The first kappa shape index (κ1) is 17.0. The molecule has 2 aromatic rings. The quantitative estimate of drug-likeness (QED) is 0.925. The van der Waals surface area contributed by atoms with Crippen LogP contribution in [0.5, 0.6) is 5.75 Å². The number of nitrogens with zero attached hydrogens (tertiary/aromatic N) is 2. The lowest BCUT2D eigenvalue weighted by Gasteiger charge is -2.16. The van der Waals surface area contributed by atoms with Gasteiger partial charge in [0.15, 0.2) is 0 Å². The Morgan fingerprint density at radius 3 is 2.48 bits per heavy atom. The molecule has 1 aromatic heterocycles. The summed E-state index contributed by atoms with van der Waals surface area (Å²) in [7, 11) is 1.61. The number of carboxylic acids is 1. The maximum atomic E-state index is 12.7. The predicted octanol–water partition coefficient (Wildman–Crippen LogP) is 2.55. The third-order valence-corrected chi connectivity index (χ3v) is 4.63. The SMILES string of the molecule is COc1ccc(-c2cncc(C(=O)N3C[C@@H](C)[C@H](C(=O)O)C3)c2)cc1. The topological polar surface area (TPSA) is 79.7 Å². The number of methoxy groups -OCH3 is 1. The van der Waals surface area contributed by atoms with E-state index in [0.29, 0.717) is 12.1 Å². The van der Waals surface area contributed by atoms with Gasteiger partial charge in [-0.2, -0.15) is 0 Å². The molecule has 1 fully saturated rings. The molecule has 0 radical (unpaired) electrons. The van der Waals surface area contributed by atoms with Gasteiger partial charge in [-0.3, -0.25) is 14.6 Å². The number of benzene rings is 1. The van der Waals surface area contributed by atoms with E-state index in [1.165, 1.54) is 6.20 Å². The molecule has 1 aliphatic heterocycles. The Balaban J connectivity index is 1.81. The number of carbonyl (C=O) groups excluding carboxylic acids is 1. The molecule has 1 aliphatic rings. The second kappa shape index (κ2) is 6.93. The van der Waals surface area contributed by atoms with E-state index in [4.69, 9.17) is 4.74 Å². The molecule has 0 spiro atoms. The second-order valence-corrected chi connectivity index (χ2v) is 6.32. The van der Waals surface area contributed by atoms with Crippen LogP contribution in [0, 0.1) is 11.8 Å². The first-order chi connectivity index (χ1) is 12.0. The van der Waals surface area contributed by atoms with Crippen molar-refractivity contribution in [1.29, 1.82) is 0 Å². The summed E-state index contributed by atoms with van der Waals surface area (Å²) in [6, 6.07) is 9.30. The maximum Gasteiger partial charge on any atom is 0.308 e. The Kier molecular flexibility index (Phi) is 4.70. The third-order valence-electron chi connectivity index (χ3n) is 4.63. The minimum absolute atomic E-state index is 0.0563. The Bertz CT molecular complexity index is 788. The summed E-state index contributed by atoms with van der Waals surface area (Å²) in [5, 5.41) is 9.23. The van der Waals surface area contributed by atoms with E-state index in [9.17, 15) is 14.7 Å². The Labute approximate surface area is 146 Å². The van der Waals surface area contributed by atoms with Gasteiger partial charge in [0.1, 0.15) is 5.75 Å². The minimum Gasteiger partial charge on any atom is -0.497 e.